The van der Waals surface area contributed by atoms with Crippen LogP contribution < -0.4 is 5.32 Å². The number of carboxylic acids is 1. The molecule has 2 saturated heterocycles. The van der Waals surface area contributed by atoms with Crippen LogP contribution in [0.25, 0.3) is 0 Å². The number of aliphatic carboxylic acids is 1. The van der Waals surface area contributed by atoms with Gasteiger partial charge in [-0.15, -0.1) is 0 Å². The van der Waals surface area contributed by atoms with Gasteiger partial charge in [-0.1, -0.05) is 19.3 Å². The Morgan fingerprint density at radius 3 is 2.45 bits per heavy atom. The second-order valence-electron chi connectivity index (χ2n) is 7.06. The maximum Gasteiger partial charge on any atom is 0.309 e. The first-order valence-corrected chi connectivity index (χ1v) is 8.26. The van der Waals surface area contributed by atoms with E-state index in [0.29, 0.717) is 6.42 Å². The summed E-state index contributed by atoms with van der Waals surface area (Å²) in [5, 5.41) is 12.9. The minimum absolute atomic E-state index is 0.107. The minimum Gasteiger partial charge on any atom is -0.481 e. The van der Waals surface area contributed by atoms with Crippen LogP contribution in [0.1, 0.15) is 64.2 Å². The molecule has 3 aliphatic rings. The normalized spacial score (nSPS) is 32.3. The van der Waals surface area contributed by atoms with Gasteiger partial charge in [0.25, 0.3) is 0 Å². The third-order valence-electron chi connectivity index (χ3n) is 5.74. The van der Waals surface area contributed by atoms with Crippen molar-refractivity contribution < 1.29 is 14.6 Å². The van der Waals surface area contributed by atoms with Gasteiger partial charge in [-0.2, -0.15) is 0 Å². The first kappa shape index (κ1) is 14.3. The zero-order valence-electron chi connectivity index (χ0n) is 12.3. The fraction of sp³-hybridized carbons (Fsp3) is 0.938. The number of piperidine rings is 1. The molecule has 0 bridgehead atoms. The highest BCUT2D eigenvalue weighted by Crippen LogP contribution is 2.46. The summed E-state index contributed by atoms with van der Waals surface area (Å²) in [6.45, 7) is 1.65. The molecule has 1 spiro atoms. The van der Waals surface area contributed by atoms with Crippen LogP contribution in [0.3, 0.4) is 0 Å². The molecular weight excluding hydrogens is 254 g/mol. The zero-order valence-corrected chi connectivity index (χ0v) is 12.3. The summed E-state index contributed by atoms with van der Waals surface area (Å²) in [5.74, 6) is -0.618. The summed E-state index contributed by atoms with van der Waals surface area (Å²) in [7, 11) is 0. The first-order valence-electron chi connectivity index (χ1n) is 8.26. The number of ether oxygens (including phenoxy) is 1. The van der Waals surface area contributed by atoms with Crippen molar-refractivity contribution in [3.05, 3.63) is 0 Å². The van der Waals surface area contributed by atoms with E-state index in [4.69, 9.17) is 4.74 Å². The van der Waals surface area contributed by atoms with Gasteiger partial charge < -0.3 is 15.2 Å². The lowest BCUT2D eigenvalue weighted by Gasteiger charge is -2.37. The number of carbonyl (C=O) groups is 1. The fourth-order valence-electron chi connectivity index (χ4n) is 4.45. The Morgan fingerprint density at radius 1 is 1.10 bits per heavy atom. The van der Waals surface area contributed by atoms with E-state index < -0.39 is 11.4 Å². The minimum atomic E-state index is -0.618. The molecule has 0 amide bonds. The summed E-state index contributed by atoms with van der Waals surface area (Å²) in [6.07, 6.45) is 10.8. The monoisotopic (exact) mass is 281 g/mol. The van der Waals surface area contributed by atoms with Crippen molar-refractivity contribution in [2.24, 2.45) is 5.41 Å². The Kier molecular flexibility index (Phi) is 4.04. The lowest BCUT2D eigenvalue weighted by atomic mass is 9.74. The molecule has 0 aromatic heterocycles. The van der Waals surface area contributed by atoms with Crippen LogP contribution in [-0.2, 0) is 9.53 Å². The first-order chi connectivity index (χ1) is 9.64. The van der Waals surface area contributed by atoms with E-state index in [1.54, 1.807) is 0 Å². The molecular formula is C16H27NO3. The van der Waals surface area contributed by atoms with Gasteiger partial charge in [-0.3, -0.25) is 4.79 Å². The molecule has 114 valence electrons. The van der Waals surface area contributed by atoms with Crippen LogP contribution in [0.2, 0.25) is 0 Å². The van der Waals surface area contributed by atoms with Crippen molar-refractivity contribution in [3.63, 3.8) is 0 Å². The summed E-state index contributed by atoms with van der Waals surface area (Å²) in [5.41, 5.74) is -0.439. The van der Waals surface area contributed by atoms with E-state index in [1.165, 1.54) is 32.1 Å². The molecule has 1 saturated carbocycles. The molecule has 0 aromatic rings. The molecule has 1 unspecified atom stereocenters. The fourth-order valence-corrected chi connectivity index (χ4v) is 4.45. The molecule has 1 atom stereocenters. The second kappa shape index (κ2) is 5.64. The third-order valence-corrected chi connectivity index (χ3v) is 5.74. The van der Waals surface area contributed by atoms with Crippen molar-refractivity contribution in [3.8, 4) is 0 Å². The average Bonchev–Trinajstić information content (AvgIpc) is 2.83. The molecule has 4 heteroatoms. The van der Waals surface area contributed by atoms with Gasteiger partial charge in [0.2, 0.25) is 0 Å². The topological polar surface area (TPSA) is 58.6 Å². The standard InChI is InChI=1S/C16H27NO3/c18-14(19)15(8-10-17-11-9-15)12-13-4-7-16(20-13)5-2-1-3-6-16/h13,17H,1-12H2,(H,18,19). The number of hydrogen-bond donors (Lipinski definition) is 2. The van der Waals surface area contributed by atoms with Crippen LogP contribution in [-0.4, -0.2) is 35.9 Å². The molecule has 2 aliphatic heterocycles. The molecule has 2 N–H and O–H groups in total. The van der Waals surface area contributed by atoms with Gasteiger partial charge in [-0.25, -0.2) is 0 Å². The Bertz CT molecular complexity index is 357. The number of carboxylic acid groups (broad SMARTS) is 1. The third kappa shape index (κ3) is 2.73. The van der Waals surface area contributed by atoms with E-state index in [0.717, 1.165) is 38.8 Å². The maximum atomic E-state index is 11.7. The average molecular weight is 281 g/mol. The van der Waals surface area contributed by atoms with Crippen molar-refractivity contribution in [1.29, 1.82) is 0 Å². The lowest BCUT2D eigenvalue weighted by Crippen LogP contribution is -2.44. The lowest BCUT2D eigenvalue weighted by molar-refractivity contribution is -0.155. The largest absolute Gasteiger partial charge is 0.481 e. The summed E-state index contributed by atoms with van der Waals surface area (Å²) in [6, 6.07) is 0. The van der Waals surface area contributed by atoms with Gasteiger partial charge in [0.1, 0.15) is 0 Å². The van der Waals surface area contributed by atoms with Gasteiger partial charge in [0, 0.05) is 0 Å². The van der Waals surface area contributed by atoms with Crippen molar-refractivity contribution in [2.45, 2.75) is 75.9 Å². The van der Waals surface area contributed by atoms with E-state index in [2.05, 4.69) is 5.32 Å². The highest BCUT2D eigenvalue weighted by Gasteiger charge is 2.47. The smallest absolute Gasteiger partial charge is 0.309 e. The molecule has 3 rings (SSSR count). The van der Waals surface area contributed by atoms with Crippen molar-refractivity contribution >= 4 is 5.97 Å². The van der Waals surface area contributed by atoms with Crippen LogP contribution in [0.15, 0.2) is 0 Å². The SMILES string of the molecule is O=C(O)C1(CC2CCC3(CCCCC3)O2)CCNCC1. The van der Waals surface area contributed by atoms with E-state index in [1.807, 2.05) is 0 Å². The quantitative estimate of drug-likeness (QED) is 0.835. The number of hydrogen-bond acceptors (Lipinski definition) is 3. The molecule has 20 heavy (non-hydrogen) atoms. The number of rotatable bonds is 3. The van der Waals surface area contributed by atoms with Gasteiger partial charge in [0.05, 0.1) is 17.1 Å². The molecule has 3 fully saturated rings. The summed E-state index contributed by atoms with van der Waals surface area (Å²) in [4.78, 5) is 11.7. The maximum absolute atomic E-state index is 11.7. The zero-order chi connectivity index (χ0) is 14.1. The molecule has 0 radical (unpaired) electrons. The molecule has 2 heterocycles. The Morgan fingerprint density at radius 2 is 1.80 bits per heavy atom. The predicted octanol–water partition coefficient (Wildman–Crippen LogP) is 2.71. The molecule has 4 nitrogen and oxygen atoms in total. The molecule has 0 aromatic carbocycles. The van der Waals surface area contributed by atoms with Crippen LogP contribution >= 0.6 is 0 Å². The van der Waals surface area contributed by atoms with Gasteiger partial charge >= 0.3 is 5.97 Å². The van der Waals surface area contributed by atoms with Crippen LogP contribution in [0, 0.1) is 5.41 Å². The van der Waals surface area contributed by atoms with Crippen LogP contribution in [0.4, 0.5) is 0 Å². The van der Waals surface area contributed by atoms with Crippen molar-refractivity contribution in [2.75, 3.05) is 13.1 Å². The Balaban J connectivity index is 1.63. The van der Waals surface area contributed by atoms with E-state index >= 15 is 0 Å². The van der Waals surface area contributed by atoms with Gasteiger partial charge in [0.15, 0.2) is 0 Å². The highest BCUT2D eigenvalue weighted by molar-refractivity contribution is 5.74. The van der Waals surface area contributed by atoms with Gasteiger partial charge in [-0.05, 0) is 58.0 Å². The predicted molar refractivity (Wildman–Crippen MR) is 76.7 cm³/mol. The Hall–Kier alpha value is -0.610. The summed E-state index contributed by atoms with van der Waals surface area (Å²) >= 11 is 0. The second-order valence-corrected chi connectivity index (χ2v) is 7.06. The molecule has 1 aliphatic carbocycles. The van der Waals surface area contributed by atoms with E-state index in [-0.39, 0.29) is 11.7 Å². The van der Waals surface area contributed by atoms with Crippen LogP contribution in [0.5, 0.6) is 0 Å². The number of nitrogens with one attached hydrogen (secondary N) is 1. The Labute approximate surface area is 121 Å². The van der Waals surface area contributed by atoms with E-state index in [9.17, 15) is 9.90 Å². The van der Waals surface area contributed by atoms with Crippen molar-refractivity contribution in [1.82, 2.24) is 5.32 Å². The highest BCUT2D eigenvalue weighted by atomic mass is 16.5. The summed E-state index contributed by atoms with van der Waals surface area (Å²) < 4.78 is 6.38.